The minimum absolute atomic E-state index is 0. The van der Waals surface area contributed by atoms with Gasteiger partial charge in [0.1, 0.15) is 0 Å². The third-order valence-electron chi connectivity index (χ3n) is 8.50. The van der Waals surface area contributed by atoms with Crippen molar-refractivity contribution in [2.24, 2.45) is 0 Å². The van der Waals surface area contributed by atoms with Gasteiger partial charge in [-0.2, -0.15) is 0 Å². The molecule has 0 spiro atoms. The maximum Gasteiger partial charge on any atom is 0.528 e. The van der Waals surface area contributed by atoms with Crippen LogP contribution < -0.4 is 40.7 Å². The molecule has 0 aliphatic rings. The van der Waals surface area contributed by atoms with Gasteiger partial charge in [0.25, 0.3) is 0 Å². The number of hydrogen-bond acceptors (Lipinski definition) is 9. The Balaban J connectivity index is 0.000000165. The van der Waals surface area contributed by atoms with E-state index in [1.54, 1.807) is 0 Å². The molecule has 9 aromatic carbocycles. The van der Waals surface area contributed by atoms with E-state index >= 15 is 0 Å². The van der Waals surface area contributed by atoms with Crippen molar-refractivity contribution in [2.45, 2.75) is 0 Å². The van der Waals surface area contributed by atoms with Crippen molar-refractivity contribution in [1.29, 1.82) is 0 Å². The van der Waals surface area contributed by atoms with E-state index in [9.17, 15) is 0 Å². The van der Waals surface area contributed by atoms with Crippen LogP contribution in [-0.2, 0) is 21.1 Å². The normalized spacial score (nSPS) is 10.1. The number of benzene rings is 9. The molecule has 0 aliphatic heterocycles. The fourth-order valence-electron chi connectivity index (χ4n) is 5.45. The molecule has 13 heteroatoms. The van der Waals surface area contributed by atoms with Gasteiger partial charge in [-0.25, -0.2) is 0 Å². The zero-order valence-corrected chi connectivity index (χ0v) is 41.1. The molecule has 67 heavy (non-hydrogen) atoms. The molecule has 9 nitrogen and oxygen atoms in total. The monoisotopic (exact) mass is 1030 g/mol. The Labute approximate surface area is 410 Å². The number of rotatable bonds is 18. The minimum atomic E-state index is -2.00. The summed E-state index contributed by atoms with van der Waals surface area (Å²) >= 11 is 0. The number of hydrogen-bond donors (Lipinski definition) is 0. The van der Waals surface area contributed by atoms with Crippen LogP contribution in [0.1, 0.15) is 0 Å². The van der Waals surface area contributed by atoms with Crippen molar-refractivity contribution in [3.8, 4) is 51.7 Å². The molecule has 0 radical (unpaired) electrons. The van der Waals surface area contributed by atoms with E-state index in [-0.39, 0.29) is 21.1 Å². The Hall–Kier alpha value is -6.84. The molecule has 0 saturated heterocycles. The predicted molar refractivity (Wildman–Crippen MR) is 269 cm³/mol. The molecule has 9 aromatic rings. The van der Waals surface area contributed by atoms with E-state index < -0.39 is 25.8 Å². The Morgan fingerprint density at radius 3 is 0.328 bits per heavy atom. The van der Waals surface area contributed by atoms with Crippen molar-refractivity contribution in [3.63, 3.8) is 0 Å². The Bertz CT molecular complexity index is 2030. The molecule has 0 aliphatic carbocycles. The van der Waals surface area contributed by atoms with Gasteiger partial charge in [0.2, 0.25) is 0 Å². The van der Waals surface area contributed by atoms with Crippen molar-refractivity contribution in [3.05, 3.63) is 273 Å². The summed E-state index contributed by atoms with van der Waals surface area (Å²) in [4.78, 5) is 0. The average molecular weight is 1030 g/mol. The molecule has 0 bridgehead atoms. The maximum atomic E-state index is 5.88. The first-order chi connectivity index (χ1) is 32.7. The van der Waals surface area contributed by atoms with E-state index in [4.69, 9.17) is 40.7 Å². The van der Waals surface area contributed by atoms with Gasteiger partial charge < -0.3 is 0 Å². The van der Waals surface area contributed by atoms with Crippen LogP contribution in [0.15, 0.2) is 273 Å². The smallest absolute Gasteiger partial charge is 0.273 e. The van der Waals surface area contributed by atoms with Crippen molar-refractivity contribution in [2.75, 3.05) is 0 Å². The van der Waals surface area contributed by atoms with Gasteiger partial charge in [-0.1, -0.05) is 164 Å². The Morgan fingerprint density at radius 2 is 0.239 bits per heavy atom. The summed E-state index contributed by atoms with van der Waals surface area (Å²) in [6.45, 7) is 0. The van der Waals surface area contributed by atoms with Crippen LogP contribution in [0.2, 0.25) is 0 Å². The van der Waals surface area contributed by atoms with Crippen molar-refractivity contribution < 1.29 is 61.8 Å². The summed E-state index contributed by atoms with van der Waals surface area (Å²) in [6.07, 6.45) is 0. The topological polar surface area (TPSA) is 83.1 Å². The Kier molecular flexibility index (Phi) is 21.4. The largest absolute Gasteiger partial charge is 0.528 e. The summed E-state index contributed by atoms with van der Waals surface area (Å²) in [5, 5.41) is 0. The van der Waals surface area contributed by atoms with Crippen LogP contribution in [0.25, 0.3) is 0 Å². The van der Waals surface area contributed by atoms with Crippen LogP contribution in [0.3, 0.4) is 0 Å². The molecule has 0 aromatic heterocycles. The van der Waals surface area contributed by atoms with Crippen LogP contribution in [0, 0.1) is 0 Å². The minimum Gasteiger partial charge on any atom is -0.273 e. The molecule has 0 amide bonds. The molecule has 9 rings (SSSR count). The first kappa shape index (κ1) is 49.6. The van der Waals surface area contributed by atoms with Gasteiger partial charge in [0.15, 0.2) is 51.7 Å². The fourth-order valence-corrected chi connectivity index (χ4v) is 8.78. The predicted octanol–water partition coefficient (Wildman–Crippen LogP) is 15.5. The molecule has 336 valence electrons. The molecular weight excluding hydrogens is 981 g/mol. The molecule has 0 atom stereocenters. The van der Waals surface area contributed by atoms with Crippen molar-refractivity contribution in [1.82, 2.24) is 0 Å². The third-order valence-corrected chi connectivity index (χ3v) is 12.1. The summed E-state index contributed by atoms with van der Waals surface area (Å²) in [7, 11) is -6.00. The molecule has 0 fully saturated rings. The average Bonchev–Trinajstić information content (AvgIpc) is 3.37. The zero-order chi connectivity index (χ0) is 45.1. The first-order valence-corrected chi connectivity index (χ1v) is 24.5. The van der Waals surface area contributed by atoms with E-state index in [1.807, 2.05) is 273 Å². The van der Waals surface area contributed by atoms with E-state index in [0.717, 1.165) is 51.7 Å². The van der Waals surface area contributed by atoms with Crippen LogP contribution in [0.5, 0.6) is 51.7 Å². The van der Waals surface area contributed by atoms with E-state index in [1.165, 1.54) is 0 Å². The van der Waals surface area contributed by atoms with E-state index in [0.29, 0.717) is 0 Å². The number of para-hydroxylation sites is 9. The van der Waals surface area contributed by atoms with E-state index in [2.05, 4.69) is 0 Å². The fraction of sp³-hybridized carbons (Fsp3) is 0. The van der Waals surface area contributed by atoms with Crippen LogP contribution >= 0.6 is 25.8 Å². The quantitative estimate of drug-likeness (QED) is 0.0616. The third kappa shape index (κ3) is 18.9. The maximum absolute atomic E-state index is 5.88. The second kappa shape index (κ2) is 28.9. The van der Waals surface area contributed by atoms with Gasteiger partial charge in [-0.3, -0.25) is 40.7 Å². The first-order valence-electron chi connectivity index (χ1n) is 20.9. The second-order valence-corrected chi connectivity index (χ2v) is 16.8. The summed E-state index contributed by atoms with van der Waals surface area (Å²) in [6, 6.07) is 85.8. The van der Waals surface area contributed by atoms with Gasteiger partial charge in [-0.05, 0) is 109 Å². The molecule has 0 heterocycles. The zero-order valence-electron chi connectivity index (χ0n) is 36.1. The summed E-state index contributed by atoms with van der Waals surface area (Å²) < 4.78 is 52.9. The van der Waals surface area contributed by atoms with Gasteiger partial charge >= 0.3 is 25.8 Å². The summed E-state index contributed by atoms with van der Waals surface area (Å²) in [5.41, 5.74) is 0. The molecule has 0 N–H and O–H groups in total. The Morgan fingerprint density at radius 1 is 0.149 bits per heavy atom. The SMILES string of the molecule is [Mo].c1ccc(O[PH+](Oc2ccccc2)Oc2ccccc2)cc1.c1ccc(O[PH+](Oc2ccccc2)Oc2ccccc2)cc1.c1ccc(O[PH+](Oc2ccccc2)Oc2ccccc2)cc1. The van der Waals surface area contributed by atoms with Gasteiger partial charge in [0, 0.05) is 21.1 Å². The standard InChI is InChI=1S/3C18H16O3P.Mo/c3*1-4-10-16(11-5-1)19-22(20-17-12-6-2-7-13-17)21-18-14-8-3-9-15-18;/h3*1-15,22H;/q3*+1;. The van der Waals surface area contributed by atoms with Crippen LogP contribution in [0.4, 0.5) is 0 Å². The molecule has 0 saturated carbocycles. The van der Waals surface area contributed by atoms with Gasteiger partial charge in [-0.15, -0.1) is 0 Å². The molecular formula is C54H48MoO9P3+3. The second-order valence-electron chi connectivity index (χ2n) is 13.5. The van der Waals surface area contributed by atoms with Crippen molar-refractivity contribution >= 4 is 25.8 Å². The van der Waals surface area contributed by atoms with Gasteiger partial charge in [0.05, 0.1) is 0 Å². The van der Waals surface area contributed by atoms with Crippen LogP contribution in [-0.4, -0.2) is 0 Å². The molecule has 0 unspecified atom stereocenters. The summed E-state index contributed by atoms with van der Waals surface area (Å²) in [5.74, 6) is 6.53.